The van der Waals surface area contributed by atoms with Crippen molar-refractivity contribution < 1.29 is 23.9 Å². The van der Waals surface area contributed by atoms with Gasteiger partial charge in [-0.05, 0) is 23.8 Å². The minimum absolute atomic E-state index is 0.118. The van der Waals surface area contributed by atoms with Crippen LogP contribution in [0.25, 0.3) is 11.1 Å². The fraction of sp³-hybridized carbons (Fsp3) is 0. The highest BCUT2D eigenvalue weighted by Crippen LogP contribution is 2.27. The third kappa shape index (κ3) is 2.20. The van der Waals surface area contributed by atoms with Crippen molar-refractivity contribution in [1.29, 1.82) is 0 Å². The van der Waals surface area contributed by atoms with Gasteiger partial charge in [0.05, 0.1) is 5.56 Å². The van der Waals surface area contributed by atoms with E-state index in [0.717, 1.165) is 18.2 Å². The van der Waals surface area contributed by atoms with Gasteiger partial charge < -0.3 is 15.2 Å². The number of halogens is 2. The van der Waals surface area contributed by atoms with E-state index in [9.17, 15) is 13.9 Å². The molecule has 2 aromatic rings. The molecule has 0 aromatic heterocycles. The van der Waals surface area contributed by atoms with Crippen molar-refractivity contribution in [2.75, 3.05) is 0 Å². The predicted octanol–water partition coefficient (Wildman–Crippen LogP) is 1.02. The van der Waals surface area contributed by atoms with Crippen LogP contribution in [-0.4, -0.2) is 22.3 Å². The third-order valence-corrected chi connectivity index (χ3v) is 2.56. The molecule has 92 valence electrons. The first-order valence-electron chi connectivity index (χ1n) is 5.14. The van der Waals surface area contributed by atoms with Crippen LogP contribution in [-0.2, 0) is 0 Å². The summed E-state index contributed by atoms with van der Waals surface area (Å²) in [7, 11) is -1.84. The van der Waals surface area contributed by atoms with Gasteiger partial charge in [-0.15, -0.1) is 0 Å². The molecule has 18 heavy (non-hydrogen) atoms. The van der Waals surface area contributed by atoms with Crippen molar-refractivity contribution in [3.05, 3.63) is 48.0 Å². The molecule has 2 rings (SSSR count). The summed E-state index contributed by atoms with van der Waals surface area (Å²) < 4.78 is 27.0. The number of hydrogen-bond acceptors (Lipinski definition) is 3. The minimum Gasteiger partial charge on any atom is -0.508 e. The highest BCUT2D eigenvalue weighted by atomic mass is 19.1. The quantitative estimate of drug-likeness (QED) is 0.697. The lowest BCUT2D eigenvalue weighted by atomic mass is 9.79. The van der Waals surface area contributed by atoms with E-state index in [0.29, 0.717) is 0 Å². The number of hydrogen-bond donors (Lipinski definition) is 3. The Hall–Kier alpha value is -1.92. The highest BCUT2D eigenvalue weighted by molar-refractivity contribution is 6.59. The van der Waals surface area contributed by atoms with E-state index in [2.05, 4.69) is 0 Å². The van der Waals surface area contributed by atoms with Gasteiger partial charge in [-0.1, -0.05) is 18.2 Å². The number of rotatable bonds is 2. The Morgan fingerprint density at radius 2 is 1.56 bits per heavy atom. The molecule has 0 atom stereocenters. The SMILES string of the molecule is OB(O)c1ccc(-c2c(F)cccc2F)cc1O. The molecule has 0 heterocycles. The summed E-state index contributed by atoms with van der Waals surface area (Å²) in [5.74, 6) is -1.96. The van der Waals surface area contributed by atoms with Gasteiger partial charge in [0.2, 0.25) is 0 Å². The fourth-order valence-electron chi connectivity index (χ4n) is 1.69. The van der Waals surface area contributed by atoms with E-state index in [1.54, 1.807) is 0 Å². The van der Waals surface area contributed by atoms with Crippen LogP contribution >= 0.6 is 0 Å². The molecule has 0 unspecified atom stereocenters. The summed E-state index contributed by atoms with van der Waals surface area (Å²) in [4.78, 5) is 0. The molecule has 0 saturated heterocycles. The van der Waals surface area contributed by atoms with Crippen molar-refractivity contribution in [2.45, 2.75) is 0 Å². The molecule has 3 N–H and O–H groups in total. The Balaban J connectivity index is 2.56. The molecular weight excluding hydrogens is 241 g/mol. The van der Waals surface area contributed by atoms with Crippen molar-refractivity contribution >= 4 is 12.6 Å². The fourth-order valence-corrected chi connectivity index (χ4v) is 1.69. The molecule has 0 saturated carbocycles. The summed E-state index contributed by atoms with van der Waals surface area (Å²) in [6, 6.07) is 7.02. The second-order valence-corrected chi connectivity index (χ2v) is 3.74. The Kier molecular flexibility index (Phi) is 3.31. The number of aromatic hydroxyl groups is 1. The van der Waals surface area contributed by atoms with Crippen LogP contribution in [0.2, 0.25) is 0 Å². The van der Waals surface area contributed by atoms with Gasteiger partial charge in [-0.2, -0.15) is 0 Å². The zero-order valence-corrected chi connectivity index (χ0v) is 9.14. The monoisotopic (exact) mass is 250 g/mol. The maximum absolute atomic E-state index is 13.5. The van der Waals surface area contributed by atoms with Crippen LogP contribution < -0.4 is 5.46 Å². The number of phenolic OH excluding ortho intramolecular Hbond substituents is 1. The molecule has 0 aliphatic carbocycles. The van der Waals surface area contributed by atoms with Crippen LogP contribution in [0.15, 0.2) is 36.4 Å². The van der Waals surface area contributed by atoms with Crippen LogP contribution in [0.1, 0.15) is 0 Å². The Labute approximate surface area is 102 Å². The largest absolute Gasteiger partial charge is 0.508 e. The van der Waals surface area contributed by atoms with E-state index in [4.69, 9.17) is 10.0 Å². The molecule has 0 amide bonds. The predicted molar refractivity (Wildman–Crippen MR) is 63.3 cm³/mol. The van der Waals surface area contributed by atoms with Gasteiger partial charge >= 0.3 is 7.12 Å². The standard InChI is InChI=1S/C12H9BF2O3/c14-9-2-1-3-10(15)12(9)7-4-5-8(13(17)18)11(16)6-7/h1-6,16-18H. The van der Waals surface area contributed by atoms with Crippen molar-refractivity contribution in [3.63, 3.8) is 0 Å². The maximum atomic E-state index is 13.5. The highest BCUT2D eigenvalue weighted by Gasteiger charge is 2.18. The van der Waals surface area contributed by atoms with Crippen molar-refractivity contribution in [3.8, 4) is 16.9 Å². The minimum atomic E-state index is -1.84. The second-order valence-electron chi connectivity index (χ2n) is 3.74. The van der Waals surface area contributed by atoms with Crippen molar-refractivity contribution in [2.24, 2.45) is 0 Å². The van der Waals surface area contributed by atoms with E-state index >= 15 is 0 Å². The lowest BCUT2D eigenvalue weighted by molar-refractivity contribution is 0.419. The Morgan fingerprint density at radius 3 is 2.06 bits per heavy atom. The average Bonchev–Trinajstić information content (AvgIpc) is 2.28. The van der Waals surface area contributed by atoms with Gasteiger partial charge in [-0.3, -0.25) is 0 Å². The first-order chi connectivity index (χ1) is 8.50. The molecule has 0 radical (unpaired) electrons. The van der Waals surface area contributed by atoms with Crippen LogP contribution in [0.3, 0.4) is 0 Å². The van der Waals surface area contributed by atoms with E-state index in [1.165, 1.54) is 18.2 Å². The molecule has 6 heteroatoms. The summed E-state index contributed by atoms with van der Waals surface area (Å²) in [5, 5.41) is 27.4. The van der Waals surface area contributed by atoms with Crippen LogP contribution in [0, 0.1) is 11.6 Å². The van der Waals surface area contributed by atoms with Crippen molar-refractivity contribution in [1.82, 2.24) is 0 Å². The molecular formula is C12H9BF2O3. The maximum Gasteiger partial charge on any atom is 0.492 e. The summed E-state index contributed by atoms with van der Waals surface area (Å²) in [6.07, 6.45) is 0. The second kappa shape index (κ2) is 4.76. The molecule has 2 aromatic carbocycles. The average molecular weight is 250 g/mol. The number of phenols is 1. The van der Waals surface area contributed by atoms with Gasteiger partial charge in [0.25, 0.3) is 0 Å². The lowest BCUT2D eigenvalue weighted by Gasteiger charge is -2.08. The van der Waals surface area contributed by atoms with Gasteiger partial charge in [-0.25, -0.2) is 8.78 Å². The topological polar surface area (TPSA) is 60.7 Å². The number of benzene rings is 2. The van der Waals surface area contributed by atoms with Gasteiger partial charge in [0.1, 0.15) is 17.4 Å². The zero-order valence-electron chi connectivity index (χ0n) is 9.14. The molecule has 0 bridgehead atoms. The summed E-state index contributed by atoms with van der Waals surface area (Å²) >= 11 is 0. The van der Waals surface area contributed by atoms with E-state index in [1.807, 2.05) is 0 Å². The van der Waals surface area contributed by atoms with Gasteiger partial charge in [0.15, 0.2) is 0 Å². The van der Waals surface area contributed by atoms with Crippen LogP contribution in [0.4, 0.5) is 8.78 Å². The summed E-state index contributed by atoms with van der Waals surface area (Å²) in [6.45, 7) is 0. The molecule has 0 spiro atoms. The Bertz CT molecular complexity index is 567. The molecule has 0 fully saturated rings. The normalized spacial score (nSPS) is 10.4. The van der Waals surface area contributed by atoms with E-state index < -0.39 is 24.5 Å². The molecule has 0 aliphatic heterocycles. The molecule has 0 aliphatic rings. The first-order valence-corrected chi connectivity index (χ1v) is 5.14. The van der Waals surface area contributed by atoms with E-state index in [-0.39, 0.29) is 16.6 Å². The summed E-state index contributed by atoms with van der Waals surface area (Å²) in [5.41, 5.74) is -0.283. The zero-order chi connectivity index (χ0) is 13.3. The third-order valence-electron chi connectivity index (χ3n) is 2.56. The lowest BCUT2D eigenvalue weighted by Crippen LogP contribution is -2.29. The molecule has 3 nitrogen and oxygen atoms in total. The van der Waals surface area contributed by atoms with Gasteiger partial charge in [0, 0.05) is 5.46 Å². The van der Waals surface area contributed by atoms with Crippen LogP contribution in [0.5, 0.6) is 5.75 Å². The first kappa shape index (κ1) is 12.5. The Morgan fingerprint density at radius 1 is 0.944 bits per heavy atom. The smallest absolute Gasteiger partial charge is 0.492 e.